The number of carbonyl (C=O) groups excluding carboxylic acids is 1. The van der Waals surface area contributed by atoms with Gasteiger partial charge in [-0.25, -0.2) is 4.98 Å². The summed E-state index contributed by atoms with van der Waals surface area (Å²) in [5, 5.41) is 3.16. The summed E-state index contributed by atoms with van der Waals surface area (Å²) >= 11 is 0. The minimum absolute atomic E-state index is 0.250. The number of benzene rings is 2. The van der Waals surface area contributed by atoms with E-state index < -0.39 is 0 Å². The van der Waals surface area contributed by atoms with E-state index in [1.807, 2.05) is 6.07 Å². The van der Waals surface area contributed by atoms with Gasteiger partial charge in [-0.15, -0.1) is 0 Å². The Labute approximate surface area is 203 Å². The molecule has 0 radical (unpaired) electrons. The lowest BCUT2D eigenvalue weighted by Crippen LogP contribution is -2.32. The van der Waals surface area contributed by atoms with Gasteiger partial charge < -0.3 is 14.6 Å². The number of unbranched alkanes of at least 4 members (excludes halogenated alkanes) is 2. The molecule has 1 N–H and O–H groups in total. The quantitative estimate of drug-likeness (QED) is 0.349. The number of nitrogens with zero attached hydrogens (tertiary/aromatic N) is 2. The third kappa shape index (κ3) is 6.62. The Bertz CT molecular complexity index is 1060. The Morgan fingerprint density at radius 1 is 1.03 bits per heavy atom. The first-order valence-electron chi connectivity index (χ1n) is 13.0. The van der Waals surface area contributed by atoms with E-state index in [4.69, 9.17) is 9.72 Å². The maximum absolute atomic E-state index is 12.3. The van der Waals surface area contributed by atoms with E-state index in [9.17, 15) is 4.79 Å². The zero-order valence-corrected chi connectivity index (χ0v) is 20.8. The minimum atomic E-state index is 0.250. The first-order valence-corrected chi connectivity index (χ1v) is 13.0. The molecule has 0 spiro atoms. The summed E-state index contributed by atoms with van der Waals surface area (Å²) in [6.07, 6.45) is 9.94. The molecule has 1 amide bonds. The number of fused-ring (bicyclic) bond motifs is 1. The molecule has 1 saturated carbocycles. The van der Waals surface area contributed by atoms with Crippen molar-refractivity contribution in [2.45, 2.75) is 78.2 Å². The Hall–Kier alpha value is -2.82. The number of aryl methyl sites for hydroxylation is 3. The molecule has 1 aliphatic rings. The summed E-state index contributed by atoms with van der Waals surface area (Å²) in [5.41, 5.74) is 4.65. The Morgan fingerprint density at radius 3 is 2.59 bits per heavy atom. The third-order valence-electron chi connectivity index (χ3n) is 6.86. The van der Waals surface area contributed by atoms with Crippen LogP contribution in [0.1, 0.15) is 68.3 Å². The SMILES string of the molecule is Cc1cc(C)cc(OCCn2c(CCCCCNC(=O)C3CCCCC3)nc3ccccc32)c1. The topological polar surface area (TPSA) is 56.1 Å². The smallest absolute Gasteiger partial charge is 0.223 e. The van der Waals surface area contributed by atoms with Crippen molar-refractivity contribution in [3.8, 4) is 5.75 Å². The van der Waals surface area contributed by atoms with Crippen LogP contribution < -0.4 is 10.1 Å². The monoisotopic (exact) mass is 461 g/mol. The largest absolute Gasteiger partial charge is 0.492 e. The predicted octanol–water partition coefficient (Wildman–Crippen LogP) is 6.14. The Morgan fingerprint density at radius 2 is 1.79 bits per heavy atom. The molecular formula is C29H39N3O2. The van der Waals surface area contributed by atoms with E-state index in [2.05, 4.69) is 60.1 Å². The molecular weight excluding hydrogens is 422 g/mol. The number of carbonyl (C=O) groups is 1. The first-order chi connectivity index (χ1) is 16.6. The standard InChI is InChI=1S/C29H39N3O2/c1-22-19-23(2)21-25(20-22)34-18-17-32-27-14-9-8-13-26(27)31-28(32)15-7-4-10-16-30-29(33)24-11-5-3-6-12-24/h8-9,13-14,19-21,24H,3-7,10-12,15-18H2,1-2H3,(H,30,33). The fourth-order valence-electron chi connectivity index (χ4n) is 5.14. The van der Waals surface area contributed by atoms with Crippen LogP contribution in [0.25, 0.3) is 11.0 Å². The highest BCUT2D eigenvalue weighted by Crippen LogP contribution is 2.24. The van der Waals surface area contributed by atoms with Gasteiger partial charge in [0.15, 0.2) is 0 Å². The molecule has 3 aromatic rings. The molecule has 1 fully saturated rings. The summed E-state index contributed by atoms with van der Waals surface area (Å²) in [6, 6.07) is 14.7. The molecule has 182 valence electrons. The van der Waals surface area contributed by atoms with Gasteiger partial charge in [-0.2, -0.15) is 0 Å². The van der Waals surface area contributed by atoms with E-state index in [1.54, 1.807) is 0 Å². The third-order valence-corrected chi connectivity index (χ3v) is 6.86. The average Bonchev–Trinajstić information content (AvgIpc) is 3.18. The molecule has 0 saturated heterocycles. The molecule has 1 aliphatic carbocycles. The molecule has 0 aliphatic heterocycles. The van der Waals surface area contributed by atoms with E-state index >= 15 is 0 Å². The lowest BCUT2D eigenvalue weighted by atomic mass is 9.89. The highest BCUT2D eigenvalue weighted by Gasteiger charge is 2.20. The lowest BCUT2D eigenvalue weighted by Gasteiger charge is -2.20. The molecule has 0 bridgehead atoms. The maximum Gasteiger partial charge on any atom is 0.223 e. The molecule has 4 rings (SSSR count). The van der Waals surface area contributed by atoms with Gasteiger partial charge in [0.25, 0.3) is 0 Å². The second-order valence-electron chi connectivity index (χ2n) is 9.78. The van der Waals surface area contributed by atoms with Crippen LogP contribution in [0.15, 0.2) is 42.5 Å². The molecule has 1 heterocycles. The Balaban J connectivity index is 1.26. The highest BCUT2D eigenvalue weighted by molar-refractivity contribution is 5.78. The van der Waals surface area contributed by atoms with Gasteiger partial charge in [-0.05, 0) is 74.9 Å². The Kier molecular flexibility index (Phi) is 8.62. The maximum atomic E-state index is 12.3. The van der Waals surface area contributed by atoms with Gasteiger partial charge in [-0.1, -0.05) is 43.9 Å². The normalized spacial score (nSPS) is 14.4. The molecule has 5 heteroatoms. The van der Waals surface area contributed by atoms with Crippen LogP contribution in [-0.2, 0) is 17.8 Å². The molecule has 2 aromatic carbocycles. The van der Waals surface area contributed by atoms with E-state index in [0.29, 0.717) is 6.61 Å². The van der Waals surface area contributed by atoms with Crippen molar-refractivity contribution in [1.82, 2.24) is 14.9 Å². The van der Waals surface area contributed by atoms with Gasteiger partial charge in [0, 0.05) is 18.9 Å². The molecule has 0 atom stereocenters. The number of hydrogen-bond donors (Lipinski definition) is 1. The summed E-state index contributed by atoms with van der Waals surface area (Å²) in [4.78, 5) is 17.2. The van der Waals surface area contributed by atoms with Crippen molar-refractivity contribution in [3.05, 3.63) is 59.4 Å². The van der Waals surface area contributed by atoms with Crippen LogP contribution in [-0.4, -0.2) is 28.6 Å². The van der Waals surface area contributed by atoms with Crippen LogP contribution in [0.4, 0.5) is 0 Å². The van der Waals surface area contributed by atoms with E-state index in [0.717, 1.165) is 68.7 Å². The average molecular weight is 462 g/mol. The van der Waals surface area contributed by atoms with Crippen LogP contribution >= 0.6 is 0 Å². The highest BCUT2D eigenvalue weighted by atomic mass is 16.5. The van der Waals surface area contributed by atoms with Crippen molar-refractivity contribution >= 4 is 16.9 Å². The lowest BCUT2D eigenvalue weighted by molar-refractivity contribution is -0.125. The second-order valence-corrected chi connectivity index (χ2v) is 9.78. The number of para-hydroxylation sites is 2. The van der Waals surface area contributed by atoms with Crippen molar-refractivity contribution < 1.29 is 9.53 Å². The van der Waals surface area contributed by atoms with Gasteiger partial charge in [0.05, 0.1) is 17.6 Å². The van der Waals surface area contributed by atoms with Crippen molar-refractivity contribution in [2.75, 3.05) is 13.2 Å². The fourth-order valence-corrected chi connectivity index (χ4v) is 5.14. The number of rotatable bonds is 11. The van der Waals surface area contributed by atoms with Crippen LogP contribution in [0, 0.1) is 19.8 Å². The zero-order valence-electron chi connectivity index (χ0n) is 20.8. The number of amides is 1. The van der Waals surface area contributed by atoms with Gasteiger partial charge >= 0.3 is 0 Å². The summed E-state index contributed by atoms with van der Waals surface area (Å²) in [6.45, 7) is 6.38. The fraction of sp³-hybridized carbons (Fsp3) is 0.517. The van der Waals surface area contributed by atoms with E-state index in [1.165, 1.54) is 35.9 Å². The molecule has 5 nitrogen and oxygen atoms in total. The number of nitrogens with one attached hydrogen (secondary N) is 1. The van der Waals surface area contributed by atoms with Crippen LogP contribution in [0.5, 0.6) is 5.75 Å². The van der Waals surface area contributed by atoms with Gasteiger partial charge in [0.2, 0.25) is 5.91 Å². The number of imidazole rings is 1. The predicted molar refractivity (Wildman–Crippen MR) is 138 cm³/mol. The van der Waals surface area contributed by atoms with E-state index in [-0.39, 0.29) is 11.8 Å². The molecule has 1 aromatic heterocycles. The zero-order chi connectivity index (χ0) is 23.8. The first kappa shape index (κ1) is 24.3. The number of ether oxygens (including phenoxy) is 1. The van der Waals surface area contributed by atoms with Crippen molar-refractivity contribution in [2.24, 2.45) is 5.92 Å². The summed E-state index contributed by atoms with van der Waals surface area (Å²) in [5.74, 6) is 2.57. The number of hydrogen-bond acceptors (Lipinski definition) is 3. The van der Waals surface area contributed by atoms with Crippen molar-refractivity contribution in [1.29, 1.82) is 0 Å². The van der Waals surface area contributed by atoms with Crippen LogP contribution in [0.3, 0.4) is 0 Å². The number of aromatic nitrogens is 2. The molecule has 34 heavy (non-hydrogen) atoms. The molecule has 0 unspecified atom stereocenters. The van der Waals surface area contributed by atoms with Gasteiger partial charge in [0.1, 0.15) is 18.2 Å². The van der Waals surface area contributed by atoms with Crippen LogP contribution in [0.2, 0.25) is 0 Å². The van der Waals surface area contributed by atoms with Crippen molar-refractivity contribution in [3.63, 3.8) is 0 Å². The summed E-state index contributed by atoms with van der Waals surface area (Å²) in [7, 11) is 0. The minimum Gasteiger partial charge on any atom is -0.492 e. The van der Waals surface area contributed by atoms with Gasteiger partial charge in [-0.3, -0.25) is 4.79 Å². The summed E-state index contributed by atoms with van der Waals surface area (Å²) < 4.78 is 8.39. The second kappa shape index (κ2) is 12.0.